The smallest absolute Gasteiger partial charge is 0.248 e. The summed E-state index contributed by atoms with van der Waals surface area (Å²) in [5.41, 5.74) is 6.29. The number of carbonyl (C=O) groups is 2. The molecule has 0 radical (unpaired) electrons. The third kappa shape index (κ3) is 4.50. The van der Waals surface area contributed by atoms with Crippen LogP contribution in [-0.2, 0) is 9.59 Å². The molecule has 0 aromatic heterocycles. The quantitative estimate of drug-likeness (QED) is 0.643. The van der Waals surface area contributed by atoms with E-state index in [1.165, 1.54) is 43.0 Å². The standard InChI is InChI=1S/C18H24N2O2S/c1-12-2-6-16(7-3-12)23-11-18(22)20-19-17(21)10-15-9-13-4-5-14(15)8-13/h2-3,6-7,13-15H,4-5,8-11H2,1H3,(H,19,21)(H,20,22)/t13-,14+,15-/m0/s1. The first-order valence-electron chi connectivity index (χ1n) is 8.37. The molecule has 2 N–H and O–H groups in total. The largest absolute Gasteiger partial charge is 0.273 e. The van der Waals surface area contributed by atoms with Crippen LogP contribution in [0.1, 0.15) is 37.7 Å². The van der Waals surface area contributed by atoms with Crippen LogP contribution in [0.25, 0.3) is 0 Å². The Hall–Kier alpha value is -1.49. The molecule has 0 aliphatic heterocycles. The van der Waals surface area contributed by atoms with Crippen molar-refractivity contribution >= 4 is 23.6 Å². The lowest BCUT2D eigenvalue weighted by atomic mass is 9.86. The molecular weight excluding hydrogens is 308 g/mol. The van der Waals surface area contributed by atoms with E-state index in [2.05, 4.69) is 10.9 Å². The van der Waals surface area contributed by atoms with E-state index in [1.54, 1.807) is 0 Å². The summed E-state index contributed by atoms with van der Waals surface area (Å²) < 4.78 is 0. The Bertz CT molecular complexity index is 573. The Kier molecular flexibility index (Phi) is 5.26. The summed E-state index contributed by atoms with van der Waals surface area (Å²) in [7, 11) is 0. The lowest BCUT2D eigenvalue weighted by molar-refractivity contribution is -0.128. The van der Waals surface area contributed by atoms with Crippen LogP contribution in [0.3, 0.4) is 0 Å². The predicted octanol–water partition coefficient (Wildman–Crippen LogP) is 3.06. The molecule has 1 aromatic carbocycles. The van der Waals surface area contributed by atoms with Crippen molar-refractivity contribution in [3.63, 3.8) is 0 Å². The van der Waals surface area contributed by atoms with Crippen LogP contribution in [0.4, 0.5) is 0 Å². The number of hydrazine groups is 1. The molecule has 2 aliphatic rings. The van der Waals surface area contributed by atoms with E-state index in [1.807, 2.05) is 31.2 Å². The minimum atomic E-state index is -0.170. The second-order valence-corrected chi connectivity index (χ2v) is 7.89. The zero-order valence-corrected chi connectivity index (χ0v) is 14.3. The Labute approximate surface area is 141 Å². The topological polar surface area (TPSA) is 58.2 Å². The van der Waals surface area contributed by atoms with Crippen LogP contribution in [-0.4, -0.2) is 17.6 Å². The summed E-state index contributed by atoms with van der Waals surface area (Å²) in [6.45, 7) is 2.03. The van der Waals surface area contributed by atoms with E-state index in [0.717, 1.165) is 16.7 Å². The Morgan fingerprint density at radius 1 is 1.09 bits per heavy atom. The van der Waals surface area contributed by atoms with Crippen molar-refractivity contribution in [2.24, 2.45) is 17.8 Å². The molecule has 0 unspecified atom stereocenters. The van der Waals surface area contributed by atoms with Gasteiger partial charge in [0.05, 0.1) is 5.75 Å². The third-order valence-corrected chi connectivity index (χ3v) is 6.08. The van der Waals surface area contributed by atoms with Crippen molar-refractivity contribution in [2.45, 2.75) is 43.9 Å². The molecule has 3 rings (SSSR count). The number of aryl methyl sites for hydroxylation is 1. The molecule has 2 amide bonds. The van der Waals surface area contributed by atoms with Crippen LogP contribution in [0.15, 0.2) is 29.2 Å². The summed E-state index contributed by atoms with van der Waals surface area (Å²) in [6, 6.07) is 8.05. The molecule has 0 saturated heterocycles. The minimum Gasteiger partial charge on any atom is -0.273 e. The SMILES string of the molecule is Cc1ccc(SCC(=O)NNC(=O)C[C@@H]2C[C@H]3CC[C@@H]2C3)cc1. The fourth-order valence-corrected chi connectivity index (χ4v) is 4.57. The number of hydrogen-bond acceptors (Lipinski definition) is 3. The molecular formula is C18H24N2O2S. The van der Waals surface area contributed by atoms with Crippen molar-refractivity contribution in [2.75, 3.05) is 5.75 Å². The van der Waals surface area contributed by atoms with Gasteiger partial charge < -0.3 is 0 Å². The van der Waals surface area contributed by atoms with Crippen molar-refractivity contribution < 1.29 is 9.59 Å². The summed E-state index contributed by atoms with van der Waals surface area (Å²) in [4.78, 5) is 24.8. The molecule has 0 spiro atoms. The number of hydrogen-bond donors (Lipinski definition) is 2. The van der Waals surface area contributed by atoms with Gasteiger partial charge in [0.15, 0.2) is 0 Å². The molecule has 2 bridgehead atoms. The third-order valence-electron chi connectivity index (χ3n) is 5.06. The van der Waals surface area contributed by atoms with Gasteiger partial charge in [-0.05, 0) is 56.1 Å². The number of thioether (sulfide) groups is 1. The first kappa shape index (κ1) is 16.4. The van der Waals surface area contributed by atoms with E-state index < -0.39 is 0 Å². The number of carbonyl (C=O) groups excluding carboxylic acids is 2. The average molecular weight is 332 g/mol. The van der Waals surface area contributed by atoms with Gasteiger partial charge in [-0.15, -0.1) is 11.8 Å². The Morgan fingerprint density at radius 3 is 2.48 bits per heavy atom. The lowest BCUT2D eigenvalue weighted by Crippen LogP contribution is -2.43. The molecule has 3 atom stereocenters. The Morgan fingerprint density at radius 2 is 1.83 bits per heavy atom. The average Bonchev–Trinajstić information content (AvgIpc) is 3.15. The maximum absolute atomic E-state index is 12.0. The lowest BCUT2D eigenvalue weighted by Gasteiger charge is -2.20. The van der Waals surface area contributed by atoms with Gasteiger partial charge in [0.1, 0.15) is 0 Å². The number of fused-ring (bicyclic) bond motifs is 2. The molecule has 2 aliphatic carbocycles. The summed E-state index contributed by atoms with van der Waals surface area (Å²) in [5.74, 6) is 2.18. The number of amides is 2. The Balaban J connectivity index is 1.34. The number of benzene rings is 1. The van der Waals surface area contributed by atoms with Crippen LogP contribution in [0.5, 0.6) is 0 Å². The molecule has 0 heterocycles. The van der Waals surface area contributed by atoms with Gasteiger partial charge >= 0.3 is 0 Å². The minimum absolute atomic E-state index is 0.0590. The maximum atomic E-state index is 12.0. The van der Waals surface area contributed by atoms with Crippen molar-refractivity contribution in [3.8, 4) is 0 Å². The molecule has 1 aromatic rings. The molecule has 124 valence electrons. The van der Waals surface area contributed by atoms with Gasteiger partial charge in [0, 0.05) is 11.3 Å². The zero-order valence-electron chi connectivity index (χ0n) is 13.5. The van der Waals surface area contributed by atoms with Gasteiger partial charge in [-0.1, -0.05) is 24.1 Å². The van der Waals surface area contributed by atoms with Crippen LogP contribution >= 0.6 is 11.8 Å². The van der Waals surface area contributed by atoms with E-state index in [9.17, 15) is 9.59 Å². The van der Waals surface area contributed by atoms with Gasteiger partial charge in [0.2, 0.25) is 11.8 Å². The molecule has 2 saturated carbocycles. The van der Waals surface area contributed by atoms with Gasteiger partial charge in [0.25, 0.3) is 0 Å². The second-order valence-electron chi connectivity index (χ2n) is 6.84. The highest BCUT2D eigenvalue weighted by atomic mass is 32.2. The predicted molar refractivity (Wildman–Crippen MR) is 91.7 cm³/mol. The second kappa shape index (κ2) is 7.39. The monoisotopic (exact) mass is 332 g/mol. The first-order chi connectivity index (χ1) is 11.1. The zero-order chi connectivity index (χ0) is 16.2. The summed E-state index contributed by atoms with van der Waals surface area (Å²) in [6.07, 6.45) is 5.66. The fourth-order valence-electron chi connectivity index (χ4n) is 3.87. The molecule has 23 heavy (non-hydrogen) atoms. The number of rotatable bonds is 5. The normalized spacial score (nSPS) is 25.3. The number of nitrogens with one attached hydrogen (secondary N) is 2. The van der Waals surface area contributed by atoms with E-state index in [0.29, 0.717) is 18.1 Å². The van der Waals surface area contributed by atoms with Gasteiger partial charge in [-0.25, -0.2) is 0 Å². The van der Waals surface area contributed by atoms with Crippen LogP contribution < -0.4 is 10.9 Å². The van der Waals surface area contributed by atoms with Crippen molar-refractivity contribution in [1.29, 1.82) is 0 Å². The van der Waals surface area contributed by atoms with Gasteiger partial charge in [-0.3, -0.25) is 20.4 Å². The van der Waals surface area contributed by atoms with E-state index in [4.69, 9.17) is 0 Å². The highest BCUT2D eigenvalue weighted by Gasteiger charge is 2.40. The van der Waals surface area contributed by atoms with Crippen LogP contribution in [0, 0.1) is 24.7 Å². The maximum Gasteiger partial charge on any atom is 0.248 e. The van der Waals surface area contributed by atoms with E-state index in [-0.39, 0.29) is 11.8 Å². The van der Waals surface area contributed by atoms with Crippen LogP contribution in [0.2, 0.25) is 0 Å². The van der Waals surface area contributed by atoms with E-state index >= 15 is 0 Å². The highest BCUT2D eigenvalue weighted by Crippen LogP contribution is 2.49. The molecule has 2 fully saturated rings. The molecule has 4 nitrogen and oxygen atoms in total. The van der Waals surface area contributed by atoms with Gasteiger partial charge in [-0.2, -0.15) is 0 Å². The fraction of sp³-hybridized carbons (Fsp3) is 0.556. The molecule has 5 heteroatoms. The van der Waals surface area contributed by atoms with Crippen molar-refractivity contribution in [3.05, 3.63) is 29.8 Å². The summed E-state index contributed by atoms with van der Waals surface area (Å²) in [5, 5.41) is 0. The highest BCUT2D eigenvalue weighted by molar-refractivity contribution is 8.00. The van der Waals surface area contributed by atoms with Crippen molar-refractivity contribution in [1.82, 2.24) is 10.9 Å². The summed E-state index contributed by atoms with van der Waals surface area (Å²) >= 11 is 1.47. The first-order valence-corrected chi connectivity index (χ1v) is 9.36.